The van der Waals surface area contributed by atoms with Crippen molar-refractivity contribution in [3.8, 4) is 5.75 Å². The molecule has 0 spiro atoms. The van der Waals surface area contributed by atoms with Gasteiger partial charge in [0.1, 0.15) is 5.75 Å². The van der Waals surface area contributed by atoms with E-state index in [-0.39, 0.29) is 11.7 Å². The van der Waals surface area contributed by atoms with E-state index in [1.807, 2.05) is 24.3 Å². The van der Waals surface area contributed by atoms with Crippen LogP contribution in [0.15, 0.2) is 58.4 Å². The maximum Gasteiger partial charge on any atom is 0.264 e. The molecule has 2 N–H and O–H groups in total. The molecule has 0 aromatic heterocycles. The number of aliphatic imine (C=N–C) groups is 1. The smallest absolute Gasteiger partial charge is 0.264 e. The van der Waals surface area contributed by atoms with Crippen molar-refractivity contribution in [2.24, 2.45) is 4.99 Å². The molecule has 1 fully saturated rings. The Labute approximate surface area is 139 Å². The SMILES string of the molecule is CCc1ccccc1N=C1NC(=O)C(=Cc2ccc(O)cc2)S1. The number of carbonyl (C=O) groups is 1. The van der Waals surface area contributed by atoms with Crippen LogP contribution in [-0.4, -0.2) is 16.2 Å². The van der Waals surface area contributed by atoms with Crippen LogP contribution in [-0.2, 0) is 11.2 Å². The Kier molecular flexibility index (Phi) is 4.48. The lowest BCUT2D eigenvalue weighted by Crippen LogP contribution is -2.19. The zero-order valence-corrected chi connectivity index (χ0v) is 13.4. The average molecular weight is 324 g/mol. The van der Waals surface area contributed by atoms with E-state index in [9.17, 15) is 9.90 Å². The number of phenolic OH excluding ortho intramolecular Hbond substituents is 1. The highest BCUT2D eigenvalue weighted by Gasteiger charge is 2.23. The molecule has 0 radical (unpaired) electrons. The molecule has 0 bridgehead atoms. The predicted octanol–water partition coefficient (Wildman–Crippen LogP) is 3.85. The van der Waals surface area contributed by atoms with Crippen LogP contribution in [0.25, 0.3) is 6.08 Å². The minimum Gasteiger partial charge on any atom is -0.508 e. The number of benzene rings is 2. The second-order valence-electron chi connectivity index (χ2n) is 5.06. The summed E-state index contributed by atoms with van der Waals surface area (Å²) in [6, 6.07) is 14.6. The Morgan fingerprint density at radius 2 is 1.91 bits per heavy atom. The van der Waals surface area contributed by atoms with Gasteiger partial charge >= 0.3 is 0 Å². The van der Waals surface area contributed by atoms with Crippen LogP contribution in [0.1, 0.15) is 18.1 Å². The summed E-state index contributed by atoms with van der Waals surface area (Å²) in [5.41, 5.74) is 2.88. The van der Waals surface area contributed by atoms with E-state index >= 15 is 0 Å². The number of carbonyl (C=O) groups excluding carboxylic acids is 1. The summed E-state index contributed by atoms with van der Waals surface area (Å²) in [7, 11) is 0. The van der Waals surface area contributed by atoms with Crippen molar-refractivity contribution in [2.75, 3.05) is 0 Å². The molecular formula is C18H16N2O2S. The number of amides is 1. The van der Waals surface area contributed by atoms with Crippen molar-refractivity contribution in [3.05, 3.63) is 64.6 Å². The van der Waals surface area contributed by atoms with Crippen LogP contribution in [0.4, 0.5) is 5.69 Å². The van der Waals surface area contributed by atoms with Crippen molar-refractivity contribution >= 4 is 34.6 Å². The summed E-state index contributed by atoms with van der Waals surface area (Å²) < 4.78 is 0. The van der Waals surface area contributed by atoms with Gasteiger partial charge in [0, 0.05) is 0 Å². The zero-order chi connectivity index (χ0) is 16.2. The maximum atomic E-state index is 12.1. The lowest BCUT2D eigenvalue weighted by atomic mass is 10.1. The third kappa shape index (κ3) is 3.63. The molecule has 116 valence electrons. The molecule has 23 heavy (non-hydrogen) atoms. The van der Waals surface area contributed by atoms with Gasteiger partial charge in [-0.15, -0.1) is 0 Å². The van der Waals surface area contributed by atoms with Gasteiger partial charge in [-0.2, -0.15) is 0 Å². The molecule has 1 aliphatic heterocycles. The van der Waals surface area contributed by atoms with Gasteiger partial charge in [-0.1, -0.05) is 37.3 Å². The van der Waals surface area contributed by atoms with E-state index in [0.29, 0.717) is 10.1 Å². The molecule has 2 aromatic carbocycles. The summed E-state index contributed by atoms with van der Waals surface area (Å²) in [5, 5.41) is 12.7. The van der Waals surface area contributed by atoms with Crippen LogP contribution < -0.4 is 5.32 Å². The van der Waals surface area contributed by atoms with Crippen LogP contribution in [0.5, 0.6) is 5.75 Å². The fourth-order valence-electron chi connectivity index (χ4n) is 2.23. The first kappa shape index (κ1) is 15.4. The van der Waals surface area contributed by atoms with E-state index < -0.39 is 0 Å². The largest absolute Gasteiger partial charge is 0.508 e. The van der Waals surface area contributed by atoms with Crippen molar-refractivity contribution < 1.29 is 9.90 Å². The number of aromatic hydroxyl groups is 1. The molecule has 4 nitrogen and oxygen atoms in total. The molecular weight excluding hydrogens is 308 g/mol. The van der Waals surface area contributed by atoms with E-state index in [4.69, 9.17) is 0 Å². The number of rotatable bonds is 3. The molecule has 0 atom stereocenters. The number of phenols is 1. The average Bonchev–Trinajstić information content (AvgIpc) is 2.89. The summed E-state index contributed by atoms with van der Waals surface area (Å²) in [4.78, 5) is 17.2. The van der Waals surface area contributed by atoms with Crippen molar-refractivity contribution in [1.29, 1.82) is 0 Å². The minimum absolute atomic E-state index is 0.157. The highest BCUT2D eigenvalue weighted by Crippen LogP contribution is 2.29. The summed E-state index contributed by atoms with van der Waals surface area (Å²) in [5.74, 6) is 0.0462. The highest BCUT2D eigenvalue weighted by atomic mass is 32.2. The van der Waals surface area contributed by atoms with Crippen molar-refractivity contribution in [1.82, 2.24) is 5.32 Å². The summed E-state index contributed by atoms with van der Waals surface area (Å²) in [6.45, 7) is 2.08. The lowest BCUT2D eigenvalue weighted by Gasteiger charge is -2.02. The molecule has 0 unspecified atom stereocenters. The predicted molar refractivity (Wildman–Crippen MR) is 94.7 cm³/mol. The van der Waals surface area contributed by atoms with E-state index in [0.717, 1.165) is 23.2 Å². The molecule has 1 aliphatic rings. The first-order valence-corrected chi connectivity index (χ1v) is 8.14. The number of para-hydroxylation sites is 1. The van der Waals surface area contributed by atoms with Crippen molar-refractivity contribution in [3.63, 3.8) is 0 Å². The van der Waals surface area contributed by atoms with Gasteiger partial charge in [0.15, 0.2) is 5.17 Å². The Bertz CT molecular complexity index is 795. The Hall–Kier alpha value is -2.53. The number of nitrogens with one attached hydrogen (secondary N) is 1. The van der Waals surface area contributed by atoms with E-state index in [1.54, 1.807) is 30.3 Å². The monoisotopic (exact) mass is 324 g/mol. The first-order chi connectivity index (χ1) is 11.2. The molecule has 3 rings (SSSR count). The van der Waals surface area contributed by atoms with E-state index in [1.165, 1.54) is 11.8 Å². The zero-order valence-electron chi connectivity index (χ0n) is 12.6. The molecule has 5 heteroatoms. The second kappa shape index (κ2) is 6.71. The van der Waals surface area contributed by atoms with Gasteiger partial charge < -0.3 is 10.4 Å². The van der Waals surface area contributed by atoms with Gasteiger partial charge in [0.2, 0.25) is 0 Å². The quantitative estimate of drug-likeness (QED) is 0.843. The highest BCUT2D eigenvalue weighted by molar-refractivity contribution is 8.18. The van der Waals surface area contributed by atoms with Gasteiger partial charge in [0.05, 0.1) is 10.6 Å². The van der Waals surface area contributed by atoms with Crippen LogP contribution >= 0.6 is 11.8 Å². The Morgan fingerprint density at radius 1 is 1.17 bits per heavy atom. The molecule has 0 saturated carbocycles. The topological polar surface area (TPSA) is 61.7 Å². The van der Waals surface area contributed by atoms with Gasteiger partial charge in [-0.05, 0) is 53.6 Å². The van der Waals surface area contributed by atoms with Crippen LogP contribution in [0.3, 0.4) is 0 Å². The summed E-state index contributed by atoms with van der Waals surface area (Å²) >= 11 is 1.32. The number of amidine groups is 1. The fourth-order valence-corrected chi connectivity index (χ4v) is 3.07. The van der Waals surface area contributed by atoms with Gasteiger partial charge in [-0.3, -0.25) is 4.79 Å². The third-order valence-corrected chi connectivity index (χ3v) is 4.35. The standard InChI is InChI=1S/C18H16N2O2S/c1-2-13-5-3-4-6-15(13)19-18-20-17(22)16(23-18)11-12-7-9-14(21)10-8-12/h3-11,21H,2H2,1H3,(H,19,20,22). The van der Waals surface area contributed by atoms with Gasteiger partial charge in [0.25, 0.3) is 5.91 Å². The Morgan fingerprint density at radius 3 is 2.65 bits per heavy atom. The van der Waals surface area contributed by atoms with Crippen molar-refractivity contribution in [2.45, 2.75) is 13.3 Å². The van der Waals surface area contributed by atoms with E-state index in [2.05, 4.69) is 17.2 Å². The normalized spacial score (nSPS) is 17.7. The molecule has 1 heterocycles. The van der Waals surface area contributed by atoms with Gasteiger partial charge in [-0.25, -0.2) is 4.99 Å². The fraction of sp³-hybridized carbons (Fsp3) is 0.111. The minimum atomic E-state index is -0.157. The number of hydrogen-bond donors (Lipinski definition) is 2. The number of hydrogen-bond acceptors (Lipinski definition) is 4. The maximum absolute atomic E-state index is 12.1. The Balaban J connectivity index is 1.84. The van der Waals surface area contributed by atoms with Crippen LogP contribution in [0, 0.1) is 0 Å². The second-order valence-corrected chi connectivity index (χ2v) is 6.09. The first-order valence-electron chi connectivity index (χ1n) is 7.32. The third-order valence-electron chi connectivity index (χ3n) is 3.44. The summed E-state index contributed by atoms with van der Waals surface area (Å²) in [6.07, 6.45) is 2.68. The number of aryl methyl sites for hydroxylation is 1. The van der Waals surface area contributed by atoms with Crippen LogP contribution in [0.2, 0.25) is 0 Å². The lowest BCUT2D eigenvalue weighted by molar-refractivity contribution is -0.115. The molecule has 2 aromatic rings. The molecule has 1 amide bonds. The number of nitrogens with zero attached hydrogens (tertiary/aromatic N) is 1. The molecule has 0 aliphatic carbocycles. The number of thioether (sulfide) groups is 1. The molecule has 1 saturated heterocycles.